The topological polar surface area (TPSA) is 53.6 Å². The number of piperidine rings is 1. The molecule has 1 unspecified atom stereocenters. The van der Waals surface area contributed by atoms with Gasteiger partial charge in [0.1, 0.15) is 5.75 Å². The molecule has 1 fully saturated rings. The summed E-state index contributed by atoms with van der Waals surface area (Å²) in [4.78, 5) is 14.8. The molecule has 2 aromatic rings. The first kappa shape index (κ1) is 19.2. The van der Waals surface area contributed by atoms with E-state index in [0.29, 0.717) is 6.54 Å². The van der Waals surface area contributed by atoms with Crippen molar-refractivity contribution in [2.45, 2.75) is 32.2 Å². The number of anilines is 1. The molecular formula is C22H29N3O2. The van der Waals surface area contributed by atoms with Crippen LogP contribution in [0, 0.1) is 6.92 Å². The summed E-state index contributed by atoms with van der Waals surface area (Å²) >= 11 is 0. The van der Waals surface area contributed by atoms with Gasteiger partial charge < -0.3 is 15.4 Å². The number of amides is 2. The van der Waals surface area contributed by atoms with Gasteiger partial charge in [-0.05, 0) is 62.7 Å². The van der Waals surface area contributed by atoms with Gasteiger partial charge >= 0.3 is 6.03 Å². The molecule has 2 aromatic carbocycles. The fourth-order valence-corrected chi connectivity index (χ4v) is 3.52. The van der Waals surface area contributed by atoms with Crippen molar-refractivity contribution in [2.24, 2.45) is 0 Å². The van der Waals surface area contributed by atoms with E-state index in [1.807, 2.05) is 43.3 Å². The van der Waals surface area contributed by atoms with Crippen molar-refractivity contribution in [2.75, 3.05) is 32.1 Å². The zero-order chi connectivity index (χ0) is 19.1. The quantitative estimate of drug-likeness (QED) is 0.798. The van der Waals surface area contributed by atoms with E-state index in [4.69, 9.17) is 4.74 Å². The Kier molecular flexibility index (Phi) is 6.71. The Hall–Kier alpha value is -2.53. The minimum atomic E-state index is -0.172. The molecule has 0 aromatic heterocycles. The molecule has 5 heteroatoms. The molecule has 2 amide bonds. The van der Waals surface area contributed by atoms with Gasteiger partial charge in [0.25, 0.3) is 0 Å². The van der Waals surface area contributed by atoms with Crippen molar-refractivity contribution in [3.05, 3.63) is 59.7 Å². The van der Waals surface area contributed by atoms with Crippen LogP contribution in [0.25, 0.3) is 0 Å². The highest BCUT2D eigenvalue weighted by Crippen LogP contribution is 2.26. The number of likely N-dealkylation sites (tertiary alicyclic amines) is 1. The monoisotopic (exact) mass is 367 g/mol. The summed E-state index contributed by atoms with van der Waals surface area (Å²) < 4.78 is 5.27. The van der Waals surface area contributed by atoms with Crippen LogP contribution in [0.2, 0.25) is 0 Å². The van der Waals surface area contributed by atoms with Crippen molar-refractivity contribution < 1.29 is 9.53 Å². The highest BCUT2D eigenvalue weighted by Gasteiger charge is 2.23. The Labute approximate surface area is 161 Å². The molecule has 1 saturated heterocycles. The zero-order valence-corrected chi connectivity index (χ0v) is 16.2. The van der Waals surface area contributed by atoms with Gasteiger partial charge in [-0.25, -0.2) is 4.79 Å². The third kappa shape index (κ3) is 5.47. The van der Waals surface area contributed by atoms with Gasteiger partial charge in [0.05, 0.1) is 13.2 Å². The van der Waals surface area contributed by atoms with Gasteiger partial charge in [0.2, 0.25) is 0 Å². The van der Waals surface area contributed by atoms with Crippen LogP contribution in [0.15, 0.2) is 48.5 Å². The number of benzene rings is 2. The first-order chi connectivity index (χ1) is 13.2. The predicted octanol–water partition coefficient (Wildman–Crippen LogP) is 4.35. The number of nitrogens with one attached hydrogen (secondary N) is 2. The van der Waals surface area contributed by atoms with Crippen LogP contribution in [-0.2, 0) is 0 Å². The van der Waals surface area contributed by atoms with Crippen molar-refractivity contribution in [1.29, 1.82) is 0 Å². The Morgan fingerprint density at radius 2 is 1.70 bits per heavy atom. The highest BCUT2D eigenvalue weighted by atomic mass is 16.5. The lowest BCUT2D eigenvalue weighted by atomic mass is 10.0. The van der Waals surface area contributed by atoms with Crippen LogP contribution in [-0.4, -0.2) is 37.7 Å². The highest BCUT2D eigenvalue weighted by molar-refractivity contribution is 5.89. The summed E-state index contributed by atoms with van der Waals surface area (Å²) in [5.74, 6) is 0.848. The second-order valence-corrected chi connectivity index (χ2v) is 7.09. The molecule has 144 valence electrons. The number of hydrogen-bond acceptors (Lipinski definition) is 3. The second-order valence-electron chi connectivity index (χ2n) is 7.09. The van der Waals surface area contributed by atoms with Crippen molar-refractivity contribution in [3.63, 3.8) is 0 Å². The second kappa shape index (κ2) is 9.42. The molecule has 2 N–H and O–H groups in total. The summed E-state index contributed by atoms with van der Waals surface area (Å²) in [6.45, 7) is 4.74. The van der Waals surface area contributed by atoms with Gasteiger partial charge in [-0.1, -0.05) is 36.2 Å². The number of ether oxygens (including phenoxy) is 1. The van der Waals surface area contributed by atoms with E-state index in [1.165, 1.54) is 30.4 Å². The molecule has 0 bridgehead atoms. The van der Waals surface area contributed by atoms with Crippen molar-refractivity contribution in [3.8, 4) is 5.75 Å². The fraction of sp³-hybridized carbons (Fsp3) is 0.409. The lowest BCUT2D eigenvalue weighted by Crippen LogP contribution is -2.41. The average molecular weight is 367 g/mol. The summed E-state index contributed by atoms with van der Waals surface area (Å²) in [5, 5.41) is 5.96. The van der Waals surface area contributed by atoms with Gasteiger partial charge in [0, 0.05) is 12.2 Å². The molecule has 0 spiro atoms. The van der Waals surface area contributed by atoms with Crippen LogP contribution < -0.4 is 15.4 Å². The maximum Gasteiger partial charge on any atom is 0.319 e. The minimum absolute atomic E-state index is 0.167. The zero-order valence-electron chi connectivity index (χ0n) is 16.2. The van der Waals surface area contributed by atoms with E-state index >= 15 is 0 Å². The van der Waals surface area contributed by atoms with Crippen LogP contribution in [0.1, 0.15) is 36.4 Å². The van der Waals surface area contributed by atoms with Crippen LogP contribution in [0.3, 0.4) is 0 Å². The van der Waals surface area contributed by atoms with E-state index in [-0.39, 0.29) is 12.1 Å². The molecule has 0 aliphatic carbocycles. The lowest BCUT2D eigenvalue weighted by molar-refractivity contribution is 0.161. The summed E-state index contributed by atoms with van der Waals surface area (Å²) in [6, 6.07) is 16.0. The number of rotatable bonds is 6. The van der Waals surface area contributed by atoms with Gasteiger partial charge in [-0.2, -0.15) is 0 Å². The molecule has 1 aliphatic heterocycles. The number of urea groups is 1. The van der Waals surface area contributed by atoms with Gasteiger partial charge in [0.15, 0.2) is 0 Å². The van der Waals surface area contributed by atoms with E-state index in [0.717, 1.165) is 24.5 Å². The van der Waals surface area contributed by atoms with Crippen molar-refractivity contribution in [1.82, 2.24) is 10.2 Å². The lowest BCUT2D eigenvalue weighted by Gasteiger charge is -2.35. The summed E-state index contributed by atoms with van der Waals surface area (Å²) in [5.41, 5.74) is 3.18. The molecule has 3 rings (SSSR count). The molecule has 1 heterocycles. The predicted molar refractivity (Wildman–Crippen MR) is 109 cm³/mol. The fourth-order valence-electron chi connectivity index (χ4n) is 3.52. The van der Waals surface area contributed by atoms with E-state index in [9.17, 15) is 4.79 Å². The first-order valence-corrected chi connectivity index (χ1v) is 9.65. The standard InChI is InChI=1S/C22H29N3O2/c1-17-6-10-19(11-7-17)24-22(26)23-16-21(25-14-4-3-5-15-25)18-8-12-20(27-2)13-9-18/h6-13,21H,3-5,14-16H2,1-2H3,(H2,23,24,26). The normalized spacial score (nSPS) is 15.8. The molecule has 0 saturated carbocycles. The maximum absolute atomic E-state index is 12.4. The minimum Gasteiger partial charge on any atom is -0.497 e. The largest absolute Gasteiger partial charge is 0.497 e. The van der Waals surface area contributed by atoms with Gasteiger partial charge in [-0.15, -0.1) is 0 Å². The van der Waals surface area contributed by atoms with Crippen LogP contribution in [0.5, 0.6) is 5.75 Å². The summed E-state index contributed by atoms with van der Waals surface area (Å²) in [7, 11) is 1.67. The third-order valence-electron chi connectivity index (χ3n) is 5.10. The first-order valence-electron chi connectivity index (χ1n) is 9.65. The van der Waals surface area contributed by atoms with E-state index in [1.54, 1.807) is 7.11 Å². The Balaban J connectivity index is 1.64. The molecule has 1 atom stereocenters. The molecule has 1 aliphatic rings. The number of aryl methyl sites for hydroxylation is 1. The molecular weight excluding hydrogens is 338 g/mol. The summed E-state index contributed by atoms with van der Waals surface area (Å²) in [6.07, 6.45) is 3.71. The van der Waals surface area contributed by atoms with Crippen LogP contribution in [0.4, 0.5) is 10.5 Å². The Morgan fingerprint density at radius 3 is 2.33 bits per heavy atom. The SMILES string of the molecule is COc1ccc(C(CNC(=O)Nc2ccc(C)cc2)N2CCCCC2)cc1. The molecule has 5 nitrogen and oxygen atoms in total. The molecule has 0 radical (unpaired) electrons. The van der Waals surface area contributed by atoms with E-state index < -0.39 is 0 Å². The van der Waals surface area contributed by atoms with Crippen molar-refractivity contribution >= 4 is 11.7 Å². The number of carbonyl (C=O) groups is 1. The number of hydrogen-bond donors (Lipinski definition) is 2. The third-order valence-corrected chi connectivity index (χ3v) is 5.10. The van der Waals surface area contributed by atoms with E-state index in [2.05, 4.69) is 27.7 Å². The molecule has 27 heavy (non-hydrogen) atoms. The Bertz CT molecular complexity index is 722. The number of nitrogens with zero attached hydrogens (tertiary/aromatic N) is 1. The number of carbonyl (C=O) groups excluding carboxylic acids is 1. The number of methoxy groups -OCH3 is 1. The van der Waals surface area contributed by atoms with Gasteiger partial charge in [-0.3, -0.25) is 4.90 Å². The maximum atomic E-state index is 12.4. The smallest absolute Gasteiger partial charge is 0.319 e. The Morgan fingerprint density at radius 1 is 1.04 bits per heavy atom. The average Bonchev–Trinajstić information content (AvgIpc) is 2.71. The van der Waals surface area contributed by atoms with Crippen LogP contribution >= 0.6 is 0 Å².